The Morgan fingerprint density at radius 3 is 2.62 bits per heavy atom. The van der Waals surface area contributed by atoms with E-state index in [4.69, 9.17) is 9.47 Å². The summed E-state index contributed by atoms with van der Waals surface area (Å²) in [4.78, 5) is 17.9. The van der Waals surface area contributed by atoms with E-state index in [1.165, 1.54) is 5.56 Å². The van der Waals surface area contributed by atoms with Crippen LogP contribution in [0, 0.1) is 5.92 Å². The highest BCUT2D eigenvalue weighted by atomic mass is 127. The second kappa shape index (κ2) is 13.6. The maximum Gasteiger partial charge on any atom is 0.243 e. The third-order valence-electron chi connectivity index (χ3n) is 5.01. The molecule has 1 aromatic carbocycles. The van der Waals surface area contributed by atoms with Gasteiger partial charge in [0.1, 0.15) is 12.3 Å². The monoisotopic (exact) mass is 518 g/mol. The van der Waals surface area contributed by atoms with E-state index in [1.54, 1.807) is 26.1 Å². The molecule has 2 N–H and O–H groups in total. The first-order chi connectivity index (χ1) is 13.5. The molecule has 1 fully saturated rings. The van der Waals surface area contributed by atoms with Crippen LogP contribution in [-0.4, -0.2) is 70.8 Å². The molecule has 164 valence electrons. The summed E-state index contributed by atoms with van der Waals surface area (Å²) in [6.07, 6.45) is 2.02. The number of carbonyl (C=O) groups is 1. The van der Waals surface area contributed by atoms with Crippen molar-refractivity contribution in [1.82, 2.24) is 15.5 Å². The number of likely N-dealkylation sites (N-methyl/N-ethyl adjacent to an activating group) is 1. The highest BCUT2D eigenvalue weighted by Crippen LogP contribution is 2.21. The Hall–Kier alpha value is -1.55. The fourth-order valence-corrected chi connectivity index (χ4v) is 2.95. The van der Waals surface area contributed by atoms with Crippen molar-refractivity contribution in [3.63, 3.8) is 0 Å². The molecule has 2 atom stereocenters. The van der Waals surface area contributed by atoms with Crippen LogP contribution >= 0.6 is 24.0 Å². The van der Waals surface area contributed by atoms with Gasteiger partial charge in [-0.2, -0.15) is 0 Å². The fourth-order valence-electron chi connectivity index (χ4n) is 2.95. The maximum absolute atomic E-state index is 11.9. The predicted octanol–water partition coefficient (Wildman–Crippen LogP) is 2.47. The Kier molecular flexibility index (Phi) is 12.0. The number of hydrogen-bond acceptors (Lipinski definition) is 4. The zero-order chi connectivity index (χ0) is 20.4. The minimum Gasteiger partial charge on any atom is -0.497 e. The second-order valence-corrected chi connectivity index (χ2v) is 7.45. The lowest BCUT2D eigenvalue weighted by Gasteiger charge is -2.17. The molecule has 0 aromatic heterocycles. The minimum absolute atomic E-state index is 0. The Morgan fingerprint density at radius 2 is 2.03 bits per heavy atom. The summed E-state index contributed by atoms with van der Waals surface area (Å²) in [5.41, 5.74) is 1.28. The van der Waals surface area contributed by atoms with Crippen LogP contribution in [0.4, 0.5) is 0 Å². The van der Waals surface area contributed by atoms with Crippen molar-refractivity contribution in [3.05, 3.63) is 29.8 Å². The molecule has 1 amide bonds. The summed E-state index contributed by atoms with van der Waals surface area (Å²) < 4.78 is 10.6. The Labute approximate surface area is 191 Å². The van der Waals surface area contributed by atoms with Crippen LogP contribution in [0.5, 0.6) is 5.75 Å². The number of nitrogens with one attached hydrogen (secondary N) is 2. The van der Waals surface area contributed by atoms with Crippen molar-refractivity contribution in [3.8, 4) is 5.75 Å². The summed E-state index contributed by atoms with van der Waals surface area (Å²) in [5, 5.41) is 6.72. The lowest BCUT2D eigenvalue weighted by atomic mass is 9.98. The zero-order valence-electron chi connectivity index (χ0n) is 17.9. The highest BCUT2D eigenvalue weighted by molar-refractivity contribution is 14.0. The van der Waals surface area contributed by atoms with Gasteiger partial charge in [0.15, 0.2) is 5.96 Å². The molecule has 8 heteroatoms. The number of benzene rings is 1. The molecule has 1 saturated heterocycles. The summed E-state index contributed by atoms with van der Waals surface area (Å²) in [7, 11) is 5.16. The molecule has 0 aliphatic carbocycles. The molecule has 29 heavy (non-hydrogen) atoms. The summed E-state index contributed by atoms with van der Waals surface area (Å²) in [6.45, 7) is 5.53. The molecule has 1 aliphatic heterocycles. The van der Waals surface area contributed by atoms with E-state index in [9.17, 15) is 4.79 Å². The summed E-state index contributed by atoms with van der Waals surface area (Å²) >= 11 is 0. The van der Waals surface area contributed by atoms with Crippen LogP contribution in [0.15, 0.2) is 29.3 Å². The number of guanidine groups is 1. The van der Waals surface area contributed by atoms with Gasteiger partial charge in [-0.05, 0) is 36.5 Å². The molecule has 0 bridgehead atoms. The lowest BCUT2D eigenvalue weighted by Crippen LogP contribution is -2.41. The zero-order valence-corrected chi connectivity index (χ0v) is 20.3. The van der Waals surface area contributed by atoms with Gasteiger partial charge >= 0.3 is 0 Å². The first-order valence-corrected chi connectivity index (χ1v) is 9.93. The first kappa shape index (κ1) is 25.5. The van der Waals surface area contributed by atoms with E-state index in [0.29, 0.717) is 17.8 Å². The van der Waals surface area contributed by atoms with E-state index in [0.717, 1.165) is 44.9 Å². The summed E-state index contributed by atoms with van der Waals surface area (Å²) in [6, 6.07) is 8.19. The Morgan fingerprint density at radius 1 is 1.31 bits per heavy atom. The van der Waals surface area contributed by atoms with E-state index in [1.807, 2.05) is 12.1 Å². The minimum atomic E-state index is -0.0168. The van der Waals surface area contributed by atoms with Crippen molar-refractivity contribution in [2.45, 2.75) is 25.7 Å². The largest absolute Gasteiger partial charge is 0.497 e. The van der Waals surface area contributed by atoms with Gasteiger partial charge in [0, 0.05) is 39.7 Å². The molecule has 1 aromatic rings. The molecule has 0 spiro atoms. The van der Waals surface area contributed by atoms with Crippen molar-refractivity contribution >= 4 is 35.8 Å². The van der Waals surface area contributed by atoms with Crippen LogP contribution in [0.25, 0.3) is 0 Å². The van der Waals surface area contributed by atoms with Crippen molar-refractivity contribution < 1.29 is 14.3 Å². The van der Waals surface area contributed by atoms with Gasteiger partial charge < -0.3 is 25.0 Å². The molecule has 0 radical (unpaired) electrons. The number of ether oxygens (including phenoxy) is 2. The number of halogens is 1. The van der Waals surface area contributed by atoms with Gasteiger partial charge in [-0.3, -0.25) is 4.79 Å². The third kappa shape index (κ3) is 9.20. The van der Waals surface area contributed by atoms with E-state index >= 15 is 0 Å². The van der Waals surface area contributed by atoms with Gasteiger partial charge in [-0.15, -0.1) is 24.0 Å². The smallest absolute Gasteiger partial charge is 0.243 e. The standard InChI is InChI=1S/C21H34N4O3.HI/c1-16(18-5-7-19(27-4)8-6-18)9-11-22-21(24-14-20(26)25(2)3)23-13-17-10-12-28-15-17;/h5-8,16-17H,9-15H2,1-4H3,(H2,22,23,24);1H. The number of methoxy groups -OCH3 is 1. The van der Waals surface area contributed by atoms with Crippen molar-refractivity contribution in [2.24, 2.45) is 10.9 Å². The molecular weight excluding hydrogens is 483 g/mol. The number of amides is 1. The maximum atomic E-state index is 11.9. The third-order valence-corrected chi connectivity index (χ3v) is 5.01. The number of rotatable bonds is 9. The Balaban J connectivity index is 0.00000420. The molecular formula is C21H35IN4O3. The molecule has 2 rings (SSSR count). The fraction of sp³-hybridized carbons (Fsp3) is 0.619. The number of nitrogens with zero attached hydrogens (tertiary/aromatic N) is 2. The molecule has 1 aliphatic rings. The van der Waals surface area contributed by atoms with E-state index in [2.05, 4.69) is 34.7 Å². The second-order valence-electron chi connectivity index (χ2n) is 7.45. The van der Waals surface area contributed by atoms with Crippen LogP contribution in [-0.2, 0) is 9.53 Å². The number of aliphatic imine (C=N–C) groups is 1. The van der Waals surface area contributed by atoms with E-state index < -0.39 is 0 Å². The van der Waals surface area contributed by atoms with Gasteiger partial charge in [-0.25, -0.2) is 4.99 Å². The van der Waals surface area contributed by atoms with Gasteiger partial charge in [0.2, 0.25) is 5.91 Å². The lowest BCUT2D eigenvalue weighted by molar-refractivity contribution is -0.127. The van der Waals surface area contributed by atoms with Crippen LogP contribution < -0.4 is 15.4 Å². The molecule has 7 nitrogen and oxygen atoms in total. The summed E-state index contributed by atoms with van der Waals surface area (Å²) in [5.74, 6) is 2.44. The number of hydrogen-bond donors (Lipinski definition) is 2. The van der Waals surface area contributed by atoms with Gasteiger partial charge in [0.25, 0.3) is 0 Å². The topological polar surface area (TPSA) is 75.2 Å². The predicted molar refractivity (Wildman–Crippen MR) is 127 cm³/mol. The van der Waals surface area contributed by atoms with Crippen LogP contribution in [0.3, 0.4) is 0 Å². The number of carbonyl (C=O) groups excluding carboxylic acids is 1. The quantitative estimate of drug-likeness (QED) is 0.299. The van der Waals surface area contributed by atoms with Gasteiger partial charge in [0.05, 0.1) is 13.7 Å². The molecule has 1 heterocycles. The molecule has 2 unspecified atom stereocenters. The van der Waals surface area contributed by atoms with Crippen molar-refractivity contribution in [1.29, 1.82) is 0 Å². The van der Waals surface area contributed by atoms with E-state index in [-0.39, 0.29) is 36.4 Å². The first-order valence-electron chi connectivity index (χ1n) is 9.93. The average Bonchev–Trinajstić information content (AvgIpc) is 3.22. The SMILES string of the molecule is COc1ccc(C(C)CCNC(=NCC(=O)N(C)C)NCC2CCOC2)cc1.I. The van der Waals surface area contributed by atoms with Crippen LogP contribution in [0.2, 0.25) is 0 Å². The highest BCUT2D eigenvalue weighted by Gasteiger charge is 2.16. The average molecular weight is 518 g/mol. The Bertz CT molecular complexity index is 631. The van der Waals surface area contributed by atoms with Crippen molar-refractivity contribution in [2.75, 3.05) is 54.1 Å². The molecule has 0 saturated carbocycles. The normalized spacial score (nSPS) is 17.2. The van der Waals surface area contributed by atoms with Crippen LogP contribution in [0.1, 0.15) is 31.2 Å². The van der Waals surface area contributed by atoms with Gasteiger partial charge in [-0.1, -0.05) is 19.1 Å².